The van der Waals surface area contributed by atoms with Crippen LogP contribution in [-0.4, -0.2) is 19.2 Å². The summed E-state index contributed by atoms with van der Waals surface area (Å²) in [6.45, 7) is 4.40. The van der Waals surface area contributed by atoms with Crippen LogP contribution in [0, 0.1) is 13.8 Å². The second-order valence-corrected chi connectivity index (χ2v) is 16.8. The normalized spacial score (nSPS) is 11.5. The molecule has 0 aliphatic heterocycles. The minimum atomic E-state index is 0.972. The fraction of sp³-hybridized carbons (Fsp3) is 0.0333. The highest BCUT2D eigenvalue weighted by Gasteiger charge is 2.21. The molecule has 0 radical (unpaired) electrons. The molecule has 4 heterocycles. The minimum absolute atomic E-state index is 0.972. The monoisotopic (exact) mass is 833 g/mol. The van der Waals surface area contributed by atoms with Crippen molar-refractivity contribution in [3.63, 3.8) is 0 Å². The SMILES string of the molecule is Cc1c(-c2ccc(N(c3ccc(-c4ccccc4)cc3)c3ccc(-c4nn5c(-c6ccccc6)cc6ccccc6c5c4C)cc3)cc2)nn2c(-c3ccccc3)cc3ccccc3c12. The van der Waals surface area contributed by atoms with Gasteiger partial charge in [0.25, 0.3) is 0 Å². The van der Waals surface area contributed by atoms with Gasteiger partial charge in [-0.05, 0) is 84.3 Å². The van der Waals surface area contributed by atoms with Crippen LogP contribution in [0.25, 0.3) is 88.7 Å². The summed E-state index contributed by atoms with van der Waals surface area (Å²) in [7, 11) is 0. The first-order chi connectivity index (χ1) is 32.1. The Morgan fingerprint density at radius 1 is 0.323 bits per heavy atom. The molecule has 0 fully saturated rings. The molecule has 12 aromatic rings. The average molecular weight is 834 g/mol. The molecule has 0 aliphatic rings. The molecule has 4 aromatic heterocycles. The van der Waals surface area contributed by atoms with E-state index in [1.54, 1.807) is 0 Å². The summed E-state index contributed by atoms with van der Waals surface area (Å²) in [5.74, 6) is 0. The lowest BCUT2D eigenvalue weighted by Crippen LogP contribution is -2.09. The summed E-state index contributed by atoms with van der Waals surface area (Å²) >= 11 is 0. The maximum atomic E-state index is 5.33. The molecule has 5 nitrogen and oxygen atoms in total. The van der Waals surface area contributed by atoms with E-state index in [-0.39, 0.29) is 0 Å². The van der Waals surface area contributed by atoms with Gasteiger partial charge in [-0.15, -0.1) is 0 Å². The highest BCUT2D eigenvalue weighted by molar-refractivity contribution is 6.03. The van der Waals surface area contributed by atoms with E-state index >= 15 is 0 Å². The first-order valence-corrected chi connectivity index (χ1v) is 22.2. The third kappa shape index (κ3) is 6.56. The molecule has 0 bridgehead atoms. The van der Waals surface area contributed by atoms with E-state index in [1.165, 1.54) is 32.7 Å². The lowest BCUT2D eigenvalue weighted by Gasteiger charge is -2.26. The zero-order chi connectivity index (χ0) is 43.4. The maximum Gasteiger partial charge on any atom is 0.0963 e. The fourth-order valence-electron chi connectivity index (χ4n) is 9.66. The lowest BCUT2D eigenvalue weighted by atomic mass is 10.0. The van der Waals surface area contributed by atoms with E-state index in [0.717, 1.165) is 84.3 Å². The van der Waals surface area contributed by atoms with Crippen molar-refractivity contribution >= 4 is 49.6 Å². The molecule has 0 saturated heterocycles. The highest BCUT2D eigenvalue weighted by atomic mass is 15.2. The number of aryl methyl sites for hydroxylation is 2. The average Bonchev–Trinajstić information content (AvgIpc) is 3.92. The third-order valence-electron chi connectivity index (χ3n) is 12.9. The van der Waals surface area contributed by atoms with Crippen LogP contribution in [0.4, 0.5) is 17.1 Å². The van der Waals surface area contributed by atoms with Crippen LogP contribution in [0.2, 0.25) is 0 Å². The first kappa shape index (κ1) is 38.2. The van der Waals surface area contributed by atoms with Gasteiger partial charge in [0.15, 0.2) is 0 Å². The van der Waals surface area contributed by atoms with Crippen LogP contribution < -0.4 is 4.90 Å². The zero-order valence-corrected chi connectivity index (χ0v) is 36.1. The van der Waals surface area contributed by atoms with Gasteiger partial charge in [0.2, 0.25) is 0 Å². The summed E-state index contributed by atoms with van der Waals surface area (Å²) in [5, 5.41) is 15.5. The Labute approximate surface area is 377 Å². The lowest BCUT2D eigenvalue weighted by molar-refractivity contribution is 0.979. The topological polar surface area (TPSA) is 37.8 Å². The van der Waals surface area contributed by atoms with E-state index in [1.807, 2.05) is 0 Å². The van der Waals surface area contributed by atoms with Crippen molar-refractivity contribution in [2.24, 2.45) is 0 Å². The number of hydrogen-bond donors (Lipinski definition) is 0. The summed E-state index contributed by atoms with van der Waals surface area (Å²) in [5.41, 5.74) is 18.6. The van der Waals surface area contributed by atoms with Crippen LogP contribution in [0.5, 0.6) is 0 Å². The van der Waals surface area contributed by atoms with Crippen LogP contribution in [-0.2, 0) is 0 Å². The predicted molar refractivity (Wildman–Crippen MR) is 270 cm³/mol. The van der Waals surface area contributed by atoms with Crippen LogP contribution in [0.1, 0.15) is 11.1 Å². The molecule has 0 amide bonds. The first-order valence-electron chi connectivity index (χ1n) is 22.2. The Kier molecular flexibility index (Phi) is 9.20. The smallest absolute Gasteiger partial charge is 0.0963 e. The Hall–Kier alpha value is -8.54. The van der Waals surface area contributed by atoms with Crippen molar-refractivity contribution in [1.82, 2.24) is 19.2 Å². The van der Waals surface area contributed by atoms with Gasteiger partial charge in [-0.25, -0.2) is 9.03 Å². The van der Waals surface area contributed by atoms with Crippen molar-refractivity contribution in [3.8, 4) is 56.2 Å². The molecule has 0 saturated carbocycles. The van der Waals surface area contributed by atoms with Gasteiger partial charge in [-0.3, -0.25) is 0 Å². The van der Waals surface area contributed by atoms with Gasteiger partial charge >= 0.3 is 0 Å². The number of benzene rings is 8. The van der Waals surface area contributed by atoms with Gasteiger partial charge in [0.05, 0.1) is 33.8 Å². The summed E-state index contributed by atoms with van der Waals surface area (Å²) in [6, 6.07) is 80.0. The molecule has 65 heavy (non-hydrogen) atoms. The fourth-order valence-corrected chi connectivity index (χ4v) is 9.66. The van der Waals surface area contributed by atoms with Gasteiger partial charge in [0.1, 0.15) is 0 Å². The van der Waals surface area contributed by atoms with E-state index in [4.69, 9.17) is 10.2 Å². The number of anilines is 3. The van der Waals surface area contributed by atoms with E-state index < -0.39 is 0 Å². The molecule has 8 aromatic carbocycles. The molecule has 0 unspecified atom stereocenters. The van der Waals surface area contributed by atoms with Crippen molar-refractivity contribution in [2.75, 3.05) is 4.90 Å². The van der Waals surface area contributed by atoms with E-state index in [0.29, 0.717) is 0 Å². The second kappa shape index (κ2) is 15.7. The Morgan fingerprint density at radius 3 is 1.05 bits per heavy atom. The zero-order valence-electron chi connectivity index (χ0n) is 36.1. The van der Waals surface area contributed by atoms with Gasteiger partial charge < -0.3 is 4.90 Å². The molecule has 12 rings (SSSR count). The molecule has 5 heteroatoms. The molecule has 0 atom stereocenters. The van der Waals surface area contributed by atoms with Crippen molar-refractivity contribution < 1.29 is 0 Å². The number of pyridine rings is 2. The Bertz CT molecular complexity index is 3480. The van der Waals surface area contributed by atoms with E-state index in [9.17, 15) is 0 Å². The third-order valence-corrected chi connectivity index (χ3v) is 12.9. The molecule has 0 spiro atoms. The molecular weight excluding hydrogens is 791 g/mol. The number of aromatic nitrogens is 4. The van der Waals surface area contributed by atoms with E-state index in [2.05, 4.69) is 252 Å². The van der Waals surface area contributed by atoms with Gasteiger partial charge in [0, 0.05) is 61.2 Å². The van der Waals surface area contributed by atoms with Crippen molar-refractivity contribution in [3.05, 3.63) is 236 Å². The van der Waals surface area contributed by atoms with Gasteiger partial charge in [-0.1, -0.05) is 176 Å². The number of rotatable bonds is 8. The molecule has 0 aliphatic carbocycles. The number of fused-ring (bicyclic) bond motifs is 6. The summed E-state index contributed by atoms with van der Waals surface area (Å²) < 4.78 is 4.27. The number of hydrogen-bond acceptors (Lipinski definition) is 3. The summed E-state index contributed by atoms with van der Waals surface area (Å²) in [6.07, 6.45) is 0. The quantitative estimate of drug-likeness (QED) is 0.153. The Morgan fingerprint density at radius 2 is 0.646 bits per heavy atom. The molecule has 0 N–H and O–H groups in total. The predicted octanol–water partition coefficient (Wildman–Crippen LogP) is 15.7. The minimum Gasteiger partial charge on any atom is -0.311 e. The van der Waals surface area contributed by atoms with Crippen molar-refractivity contribution in [2.45, 2.75) is 13.8 Å². The summed E-state index contributed by atoms with van der Waals surface area (Å²) in [4.78, 5) is 2.33. The molecule has 308 valence electrons. The van der Waals surface area contributed by atoms with Crippen LogP contribution in [0.15, 0.2) is 224 Å². The van der Waals surface area contributed by atoms with Crippen LogP contribution in [0.3, 0.4) is 0 Å². The maximum absolute atomic E-state index is 5.33. The largest absolute Gasteiger partial charge is 0.311 e. The second-order valence-electron chi connectivity index (χ2n) is 16.8. The highest BCUT2D eigenvalue weighted by Crippen LogP contribution is 2.41. The standard InChI is InChI=1S/C60H43N5/c1-40-57(61-64-55(44-18-8-4-9-19-44)38-48-22-12-14-24-53(48)59(40)64)46-28-34-51(35-29-46)63(50-32-26-43(27-33-50)42-16-6-3-7-17-42)52-36-30-47(31-37-52)58-41(2)60-54-25-15-13-23-49(54)39-56(65(60)62-58)45-20-10-5-11-21-45/h3-39H,1-2H3. The van der Waals surface area contributed by atoms with Gasteiger partial charge in [-0.2, -0.15) is 10.2 Å². The van der Waals surface area contributed by atoms with Crippen molar-refractivity contribution in [1.29, 1.82) is 0 Å². The number of nitrogens with zero attached hydrogens (tertiary/aromatic N) is 5. The Balaban J connectivity index is 0.959. The van der Waals surface area contributed by atoms with Crippen LogP contribution >= 0.6 is 0 Å². The molecular formula is C60H43N5.